The first-order valence-electron chi connectivity index (χ1n) is 6.70. The van der Waals surface area contributed by atoms with Crippen molar-refractivity contribution < 1.29 is 9.47 Å². The van der Waals surface area contributed by atoms with Crippen LogP contribution in [-0.4, -0.2) is 13.3 Å². The lowest BCUT2D eigenvalue weighted by molar-refractivity contribution is 0.174. The molecule has 1 aromatic carbocycles. The zero-order chi connectivity index (χ0) is 12.4. The molecular formula is C15H19NO2. The highest BCUT2D eigenvalue weighted by Gasteiger charge is 2.21. The minimum Gasteiger partial charge on any atom is -0.454 e. The molecule has 0 bridgehead atoms. The smallest absolute Gasteiger partial charge is 0.231 e. The molecule has 0 saturated carbocycles. The molecule has 0 radical (unpaired) electrons. The molecule has 1 unspecified atom stereocenters. The van der Waals surface area contributed by atoms with Crippen molar-refractivity contribution in [1.29, 1.82) is 0 Å². The van der Waals surface area contributed by atoms with Gasteiger partial charge in [0.25, 0.3) is 0 Å². The van der Waals surface area contributed by atoms with Crippen molar-refractivity contribution in [2.24, 2.45) is 0 Å². The first-order valence-corrected chi connectivity index (χ1v) is 6.70. The van der Waals surface area contributed by atoms with Crippen LogP contribution in [0.1, 0.15) is 37.8 Å². The fraction of sp³-hybridized carbons (Fsp3) is 0.467. The van der Waals surface area contributed by atoms with E-state index in [1.165, 1.54) is 30.4 Å². The molecule has 2 aliphatic rings. The predicted molar refractivity (Wildman–Crippen MR) is 70.9 cm³/mol. The predicted octanol–water partition coefficient (Wildman–Crippen LogP) is 3.18. The summed E-state index contributed by atoms with van der Waals surface area (Å²) in [6.45, 7) is 3.46. The summed E-state index contributed by atoms with van der Waals surface area (Å²) in [5.41, 5.74) is 2.78. The summed E-state index contributed by atoms with van der Waals surface area (Å²) in [6, 6.07) is 6.58. The highest BCUT2D eigenvalue weighted by molar-refractivity contribution is 5.46. The molecule has 96 valence electrons. The first kappa shape index (κ1) is 11.6. The van der Waals surface area contributed by atoms with Crippen molar-refractivity contribution in [2.75, 3.05) is 13.3 Å². The zero-order valence-electron chi connectivity index (χ0n) is 10.7. The van der Waals surface area contributed by atoms with Crippen LogP contribution < -0.4 is 14.8 Å². The van der Waals surface area contributed by atoms with E-state index in [0.717, 1.165) is 18.0 Å². The molecule has 3 rings (SSSR count). The summed E-state index contributed by atoms with van der Waals surface area (Å²) in [7, 11) is 0. The van der Waals surface area contributed by atoms with Gasteiger partial charge in [0, 0.05) is 0 Å². The summed E-state index contributed by atoms with van der Waals surface area (Å²) < 4.78 is 10.8. The third kappa shape index (κ3) is 2.10. The van der Waals surface area contributed by atoms with E-state index in [1.807, 2.05) is 6.07 Å². The van der Waals surface area contributed by atoms with E-state index in [9.17, 15) is 0 Å². The third-order valence-corrected chi connectivity index (χ3v) is 3.59. The lowest BCUT2D eigenvalue weighted by Gasteiger charge is -2.20. The number of likely N-dealkylation sites (N-methyl/N-ethyl adjacent to an activating group) is 1. The SMILES string of the molecule is CCNC(C1=CCCC1)c1ccc2c(c1)OCO2. The van der Waals surface area contributed by atoms with Gasteiger partial charge in [0.15, 0.2) is 11.5 Å². The van der Waals surface area contributed by atoms with Crippen molar-refractivity contribution in [3.63, 3.8) is 0 Å². The second-order valence-corrected chi connectivity index (χ2v) is 4.77. The van der Waals surface area contributed by atoms with Gasteiger partial charge < -0.3 is 14.8 Å². The van der Waals surface area contributed by atoms with E-state index in [4.69, 9.17) is 9.47 Å². The number of fused-ring (bicyclic) bond motifs is 1. The Morgan fingerprint density at radius 2 is 2.17 bits per heavy atom. The van der Waals surface area contributed by atoms with Crippen LogP contribution in [0.2, 0.25) is 0 Å². The fourth-order valence-electron chi connectivity index (χ4n) is 2.72. The Bertz CT molecular complexity index is 468. The Morgan fingerprint density at radius 3 is 2.94 bits per heavy atom. The average molecular weight is 245 g/mol. The van der Waals surface area contributed by atoms with Crippen LogP contribution in [0.25, 0.3) is 0 Å². The maximum Gasteiger partial charge on any atom is 0.231 e. The molecule has 0 fully saturated rings. The second-order valence-electron chi connectivity index (χ2n) is 4.77. The fourth-order valence-corrected chi connectivity index (χ4v) is 2.72. The molecule has 1 heterocycles. The summed E-state index contributed by atoms with van der Waals surface area (Å²) >= 11 is 0. The number of hydrogen-bond acceptors (Lipinski definition) is 3. The van der Waals surface area contributed by atoms with Gasteiger partial charge in [-0.25, -0.2) is 0 Å². The van der Waals surface area contributed by atoms with E-state index in [-0.39, 0.29) is 0 Å². The number of hydrogen-bond donors (Lipinski definition) is 1. The van der Waals surface area contributed by atoms with Crippen LogP contribution in [0.15, 0.2) is 29.8 Å². The largest absolute Gasteiger partial charge is 0.454 e. The van der Waals surface area contributed by atoms with E-state index < -0.39 is 0 Å². The Balaban J connectivity index is 1.89. The van der Waals surface area contributed by atoms with Crippen LogP contribution in [0, 0.1) is 0 Å². The van der Waals surface area contributed by atoms with Gasteiger partial charge in [-0.15, -0.1) is 0 Å². The minimum absolute atomic E-state index is 0.326. The number of rotatable bonds is 4. The summed E-state index contributed by atoms with van der Waals surface area (Å²) in [5, 5.41) is 3.57. The molecule has 0 saturated heterocycles. The van der Waals surface area contributed by atoms with Gasteiger partial charge in [0.05, 0.1) is 6.04 Å². The highest BCUT2D eigenvalue weighted by atomic mass is 16.7. The van der Waals surface area contributed by atoms with Gasteiger partial charge in [-0.1, -0.05) is 24.6 Å². The quantitative estimate of drug-likeness (QED) is 0.826. The lowest BCUT2D eigenvalue weighted by atomic mass is 9.97. The first-order chi connectivity index (χ1) is 8.88. The van der Waals surface area contributed by atoms with E-state index in [0.29, 0.717) is 12.8 Å². The normalized spacial score (nSPS) is 18.8. The summed E-state index contributed by atoms with van der Waals surface area (Å²) in [5.74, 6) is 1.73. The van der Waals surface area contributed by atoms with Gasteiger partial charge in [-0.2, -0.15) is 0 Å². The van der Waals surface area contributed by atoms with Gasteiger partial charge in [-0.05, 0) is 43.5 Å². The molecule has 18 heavy (non-hydrogen) atoms. The summed E-state index contributed by atoms with van der Waals surface area (Å²) in [6.07, 6.45) is 6.06. The number of nitrogens with one attached hydrogen (secondary N) is 1. The number of benzene rings is 1. The van der Waals surface area contributed by atoms with Gasteiger partial charge in [0.1, 0.15) is 0 Å². The second kappa shape index (κ2) is 5.02. The van der Waals surface area contributed by atoms with Gasteiger partial charge in [0.2, 0.25) is 6.79 Å². The van der Waals surface area contributed by atoms with Crippen LogP contribution in [0.4, 0.5) is 0 Å². The molecule has 1 aliphatic heterocycles. The Kier molecular flexibility index (Phi) is 3.24. The molecule has 3 nitrogen and oxygen atoms in total. The van der Waals surface area contributed by atoms with Crippen molar-refractivity contribution in [2.45, 2.75) is 32.2 Å². The van der Waals surface area contributed by atoms with E-state index in [1.54, 1.807) is 0 Å². The number of allylic oxidation sites excluding steroid dienone is 1. The molecule has 0 spiro atoms. The Hall–Kier alpha value is -1.48. The minimum atomic E-state index is 0.326. The van der Waals surface area contributed by atoms with Crippen molar-refractivity contribution in [3.8, 4) is 11.5 Å². The molecule has 1 atom stereocenters. The molecule has 1 aliphatic carbocycles. The molecule has 0 aromatic heterocycles. The van der Waals surface area contributed by atoms with Gasteiger partial charge >= 0.3 is 0 Å². The van der Waals surface area contributed by atoms with Crippen LogP contribution in [-0.2, 0) is 0 Å². The molecular weight excluding hydrogens is 226 g/mol. The van der Waals surface area contributed by atoms with Crippen LogP contribution in [0.5, 0.6) is 11.5 Å². The van der Waals surface area contributed by atoms with Crippen molar-refractivity contribution in [3.05, 3.63) is 35.4 Å². The summed E-state index contributed by atoms with van der Waals surface area (Å²) in [4.78, 5) is 0. The highest BCUT2D eigenvalue weighted by Crippen LogP contribution is 2.37. The molecule has 1 aromatic rings. The monoisotopic (exact) mass is 245 g/mol. The molecule has 0 amide bonds. The third-order valence-electron chi connectivity index (χ3n) is 3.59. The average Bonchev–Trinajstić information content (AvgIpc) is 3.05. The molecule has 1 N–H and O–H groups in total. The Morgan fingerprint density at radius 1 is 1.28 bits per heavy atom. The van der Waals surface area contributed by atoms with Crippen molar-refractivity contribution in [1.82, 2.24) is 5.32 Å². The van der Waals surface area contributed by atoms with Crippen LogP contribution >= 0.6 is 0 Å². The van der Waals surface area contributed by atoms with E-state index in [2.05, 4.69) is 30.4 Å². The Labute approximate surface area is 108 Å². The standard InChI is InChI=1S/C15H19NO2/c1-2-16-15(11-5-3-4-6-11)12-7-8-13-14(9-12)18-10-17-13/h5,7-9,15-16H,2-4,6,10H2,1H3. The van der Waals surface area contributed by atoms with E-state index >= 15 is 0 Å². The zero-order valence-corrected chi connectivity index (χ0v) is 10.7. The lowest BCUT2D eigenvalue weighted by Crippen LogP contribution is -2.22. The maximum absolute atomic E-state index is 5.46. The molecule has 3 heteroatoms. The van der Waals surface area contributed by atoms with Crippen molar-refractivity contribution >= 4 is 0 Å². The topological polar surface area (TPSA) is 30.5 Å². The maximum atomic E-state index is 5.46. The van der Waals surface area contributed by atoms with Gasteiger partial charge in [-0.3, -0.25) is 0 Å². The number of ether oxygens (including phenoxy) is 2. The van der Waals surface area contributed by atoms with Crippen LogP contribution in [0.3, 0.4) is 0 Å².